The van der Waals surface area contributed by atoms with Crippen LogP contribution in [-0.2, 0) is 27.1 Å². The predicted molar refractivity (Wildman–Crippen MR) is 563 cm³/mol. The molecule has 0 radical (unpaired) electrons. The van der Waals surface area contributed by atoms with Gasteiger partial charge in [-0.1, -0.05) is 490 Å². The second-order valence-corrected chi connectivity index (χ2v) is 38.7. The molecule has 10 aliphatic rings. The van der Waals surface area contributed by atoms with Crippen LogP contribution in [0.3, 0.4) is 0 Å². The van der Waals surface area contributed by atoms with Crippen molar-refractivity contribution in [3.05, 3.63) is 618 Å². The third kappa shape index (κ3) is 10.5. The summed E-state index contributed by atoms with van der Waals surface area (Å²) in [5.41, 5.74) is 63.9. The molecule has 21 aromatic rings. The minimum Gasteiger partial charge on any atom is -0.0622 e. The van der Waals surface area contributed by atoms with Crippen molar-refractivity contribution in [2.24, 2.45) is 0 Å². The number of hydrogen-bond donors (Lipinski definition) is 0. The van der Waals surface area contributed by atoms with E-state index in [1.54, 1.807) is 0 Å². The van der Waals surface area contributed by atoms with Gasteiger partial charge in [-0.2, -0.15) is 0 Å². The van der Waals surface area contributed by atoms with Crippen LogP contribution < -0.4 is 0 Å². The van der Waals surface area contributed by atoms with Gasteiger partial charge in [0.15, 0.2) is 0 Å². The van der Waals surface area contributed by atoms with Crippen LogP contribution >= 0.6 is 0 Å². The van der Waals surface area contributed by atoms with E-state index < -0.39 is 0 Å². The standard InChI is InChI=1S/C32H22.4C26H18/c1-21-15-17-26-27-18-16-23(22-9-3-2-4-10-22)20-31(27)32(30(26)19-21)28-13-7-5-11-24(28)25-12-6-8-14-29(25)32;1-17-9-8-13-21-20-12-4-7-16-24(20)26(25(17)21)22-14-5-2-10-18(22)19-11-3-6-15-23(19)26;1-17-9-8-16-24-25(17)20-12-4-7-15-23(20)26(24)21-13-5-2-10-18(21)19-11-3-6-14-22(19)26;1-17-14-15-25-21(16-17)20-10-4-7-13-24(20)26(25)22-11-5-2-8-18(22)19-9-3-6-12-23(19)26;1-17-14-15-21-20-10-4-7-13-24(20)26(25(21)16-17)22-11-5-2-8-18(22)19-9-3-6-12-23(19)26/h2-20H,1H3;4*2-16H,1H3. The highest BCUT2D eigenvalue weighted by molar-refractivity contribution is 6.02. The van der Waals surface area contributed by atoms with Gasteiger partial charge in [0.05, 0.1) is 27.1 Å². The lowest BCUT2D eigenvalue weighted by atomic mass is 9.69. The van der Waals surface area contributed by atoms with Gasteiger partial charge in [0.25, 0.3) is 0 Å². The minimum atomic E-state index is -0.269. The summed E-state index contributed by atoms with van der Waals surface area (Å²) in [4.78, 5) is 0. The summed E-state index contributed by atoms with van der Waals surface area (Å²) in [6.45, 7) is 11.1. The van der Waals surface area contributed by atoms with E-state index in [0.717, 1.165) is 0 Å². The molecule has 21 aromatic carbocycles. The van der Waals surface area contributed by atoms with Gasteiger partial charge in [0, 0.05) is 0 Å². The maximum absolute atomic E-state index is 2.44. The number of rotatable bonds is 1. The van der Waals surface area contributed by atoms with Gasteiger partial charge < -0.3 is 0 Å². The molecule has 0 heterocycles. The van der Waals surface area contributed by atoms with Crippen LogP contribution in [0.4, 0.5) is 0 Å². The molecule has 0 N–H and O–H groups in total. The summed E-state index contributed by atoms with van der Waals surface area (Å²) in [5.74, 6) is 0. The molecule has 0 aromatic heterocycles. The minimum absolute atomic E-state index is 0.188. The number of hydrogen-bond acceptors (Lipinski definition) is 0. The molecule has 136 heavy (non-hydrogen) atoms. The summed E-state index contributed by atoms with van der Waals surface area (Å²) in [6.07, 6.45) is 0. The van der Waals surface area contributed by atoms with E-state index in [1.807, 2.05) is 0 Å². The SMILES string of the molecule is Cc1ccc2c(c1)-c1ccccc1C21c2ccccc2-c2ccccc21.Cc1ccc2c(c1)C1(c3ccccc3-c3ccccc31)c1cc(-c3ccccc3)ccc1-2.Cc1ccc2c(c1)C1(c3ccccc3-c3ccccc31)c1ccccc1-2.Cc1cccc2c1-c1ccccc1C21c2ccccc2-c2ccccc21.Cc1cccc2c1C1(c3ccccc3-c3ccccc31)c1ccccc1-2. The molecule has 0 unspecified atom stereocenters. The van der Waals surface area contributed by atoms with Crippen molar-refractivity contribution in [3.63, 3.8) is 0 Å². The van der Waals surface area contributed by atoms with Crippen LogP contribution in [0.25, 0.3) is 122 Å². The molecule has 5 spiro atoms. The Labute approximate surface area is 796 Å². The number of benzene rings is 21. The first-order valence-corrected chi connectivity index (χ1v) is 48.2. The molecule has 0 saturated carbocycles. The van der Waals surface area contributed by atoms with Gasteiger partial charge in [-0.25, -0.2) is 0 Å². The van der Waals surface area contributed by atoms with Crippen LogP contribution in [-0.4, -0.2) is 0 Å². The van der Waals surface area contributed by atoms with Crippen LogP contribution in [0, 0.1) is 34.6 Å². The molecule has 0 nitrogen and oxygen atoms in total. The van der Waals surface area contributed by atoms with E-state index in [-0.39, 0.29) is 27.1 Å². The summed E-state index contributed by atoms with van der Waals surface area (Å²) in [7, 11) is 0. The Morgan fingerprint density at radius 2 is 0.338 bits per heavy atom. The van der Waals surface area contributed by atoms with Gasteiger partial charge in [-0.15, -0.1) is 0 Å². The Morgan fingerprint density at radius 3 is 0.706 bits per heavy atom. The van der Waals surface area contributed by atoms with Crippen molar-refractivity contribution in [2.45, 2.75) is 61.7 Å². The van der Waals surface area contributed by atoms with Crippen molar-refractivity contribution in [2.75, 3.05) is 0 Å². The fraction of sp³-hybridized carbons (Fsp3) is 0.0735. The molecule has 0 aliphatic heterocycles. The van der Waals surface area contributed by atoms with E-state index in [0.29, 0.717) is 0 Å². The monoisotopic (exact) mass is 1730 g/mol. The van der Waals surface area contributed by atoms with Gasteiger partial charge in [0.2, 0.25) is 0 Å². The fourth-order valence-corrected chi connectivity index (χ4v) is 27.2. The molecule has 0 heteroatoms. The van der Waals surface area contributed by atoms with Crippen LogP contribution in [0.1, 0.15) is 139 Å². The molecule has 10 aliphatic carbocycles. The Kier molecular flexibility index (Phi) is 17.5. The Hall–Kier alpha value is -16.4. The van der Waals surface area contributed by atoms with E-state index >= 15 is 0 Å². The fourth-order valence-electron chi connectivity index (χ4n) is 27.2. The highest BCUT2D eigenvalue weighted by atomic mass is 14.6. The number of fused-ring (bicyclic) bond motifs is 50. The molecule has 638 valence electrons. The zero-order valence-corrected chi connectivity index (χ0v) is 76.6. The molecule has 0 atom stereocenters. The maximum atomic E-state index is 2.44. The van der Waals surface area contributed by atoms with Crippen molar-refractivity contribution in [1.29, 1.82) is 0 Å². The predicted octanol–water partition coefficient (Wildman–Crippen LogP) is 33.4. The first kappa shape index (κ1) is 79.4. The molecule has 0 saturated heterocycles. The lowest BCUT2D eigenvalue weighted by molar-refractivity contribution is 0.786. The zero-order valence-electron chi connectivity index (χ0n) is 76.6. The topological polar surface area (TPSA) is 0 Å². The Morgan fingerprint density at radius 1 is 0.118 bits per heavy atom. The van der Waals surface area contributed by atoms with E-state index in [4.69, 9.17) is 0 Å². The zero-order chi connectivity index (χ0) is 90.5. The first-order valence-electron chi connectivity index (χ1n) is 48.2. The van der Waals surface area contributed by atoms with Gasteiger partial charge >= 0.3 is 0 Å². The van der Waals surface area contributed by atoms with Gasteiger partial charge in [0.1, 0.15) is 0 Å². The van der Waals surface area contributed by atoms with E-state index in [1.165, 1.54) is 261 Å². The van der Waals surface area contributed by atoms with E-state index in [9.17, 15) is 0 Å². The maximum Gasteiger partial charge on any atom is 0.0728 e. The highest BCUT2D eigenvalue weighted by Crippen LogP contribution is 2.70. The smallest absolute Gasteiger partial charge is 0.0622 e. The Balaban J connectivity index is 0.0000000864. The number of aryl methyl sites for hydroxylation is 5. The van der Waals surface area contributed by atoms with Gasteiger partial charge in [-0.05, 0) is 285 Å². The highest BCUT2D eigenvalue weighted by Gasteiger charge is 2.58. The quantitative estimate of drug-likeness (QED) is 0.154. The first-order chi connectivity index (χ1) is 67.1. The third-order valence-electron chi connectivity index (χ3n) is 32.1. The van der Waals surface area contributed by atoms with Crippen molar-refractivity contribution in [1.82, 2.24) is 0 Å². The lowest BCUT2D eigenvalue weighted by Crippen LogP contribution is -2.26. The van der Waals surface area contributed by atoms with Crippen LogP contribution in [0.15, 0.2) is 479 Å². The van der Waals surface area contributed by atoms with Crippen molar-refractivity contribution >= 4 is 0 Å². The molecule has 0 fully saturated rings. The van der Waals surface area contributed by atoms with Crippen molar-refractivity contribution in [3.8, 4) is 122 Å². The summed E-state index contributed by atoms with van der Waals surface area (Å²) < 4.78 is 0. The largest absolute Gasteiger partial charge is 0.0728 e. The molecular weight excluding hydrogens is 1630 g/mol. The summed E-state index contributed by atoms with van der Waals surface area (Å²) in [6, 6.07) is 178. The molecule has 0 bridgehead atoms. The summed E-state index contributed by atoms with van der Waals surface area (Å²) in [5, 5.41) is 0. The molecule has 31 rings (SSSR count). The molecule has 0 amide bonds. The van der Waals surface area contributed by atoms with Crippen LogP contribution in [0.5, 0.6) is 0 Å². The Bertz CT molecular complexity index is 8260. The normalized spacial score (nSPS) is 14.5. The third-order valence-corrected chi connectivity index (χ3v) is 32.1. The van der Waals surface area contributed by atoms with E-state index in [2.05, 4.69) is 514 Å². The average Bonchev–Trinajstić information content (AvgIpc) is 1.54. The summed E-state index contributed by atoms with van der Waals surface area (Å²) >= 11 is 0. The average molecular weight is 1730 g/mol. The lowest BCUT2D eigenvalue weighted by Gasteiger charge is -2.31. The second kappa shape index (κ2) is 30.1. The van der Waals surface area contributed by atoms with Gasteiger partial charge in [-0.3, -0.25) is 0 Å². The van der Waals surface area contributed by atoms with Crippen LogP contribution in [0.2, 0.25) is 0 Å². The molecular formula is C136H94. The second-order valence-electron chi connectivity index (χ2n) is 38.7. The van der Waals surface area contributed by atoms with Crippen molar-refractivity contribution < 1.29 is 0 Å².